The quantitative estimate of drug-likeness (QED) is 0.753. The number of carbonyl (C=O) groups is 1. The van der Waals surface area contributed by atoms with Gasteiger partial charge in [-0.15, -0.1) is 0 Å². The van der Waals surface area contributed by atoms with Crippen LogP contribution in [0.1, 0.15) is 46.0 Å². The number of β-amino-alcohol motifs (C(OH)–C–C–N with tert-alkyl or cyclic N) is 1. The summed E-state index contributed by atoms with van der Waals surface area (Å²) in [5.41, 5.74) is 5.33. The van der Waals surface area contributed by atoms with Crippen LogP contribution in [0.25, 0.3) is 0 Å². The summed E-state index contributed by atoms with van der Waals surface area (Å²) < 4.78 is 0. The first kappa shape index (κ1) is 12.8. The molecule has 17 heavy (non-hydrogen) atoms. The minimum Gasteiger partial charge on any atom is -0.388 e. The Morgan fingerprint density at radius 1 is 1.35 bits per heavy atom. The predicted molar refractivity (Wildman–Crippen MR) is 66.4 cm³/mol. The van der Waals surface area contributed by atoms with Crippen LogP contribution in [-0.2, 0) is 4.79 Å². The third-order valence-corrected chi connectivity index (χ3v) is 4.36. The summed E-state index contributed by atoms with van der Waals surface area (Å²) in [6.07, 6.45) is 4.35. The molecular formula is C13H24N2O2. The molecule has 2 rings (SSSR count). The van der Waals surface area contributed by atoms with Crippen LogP contribution in [0.2, 0.25) is 0 Å². The Morgan fingerprint density at radius 2 is 1.94 bits per heavy atom. The zero-order chi connectivity index (χ0) is 12.7. The number of likely N-dealkylation sites (tertiary alicyclic amines) is 1. The van der Waals surface area contributed by atoms with Crippen molar-refractivity contribution in [3.05, 3.63) is 0 Å². The van der Waals surface area contributed by atoms with E-state index in [0.717, 1.165) is 32.1 Å². The molecule has 3 N–H and O–H groups in total. The number of nitrogens with two attached hydrogens (primary N) is 1. The maximum atomic E-state index is 11.7. The number of hydrogen-bond acceptors (Lipinski definition) is 3. The van der Waals surface area contributed by atoms with Gasteiger partial charge in [-0.1, -0.05) is 13.8 Å². The van der Waals surface area contributed by atoms with Crippen molar-refractivity contribution in [1.82, 2.24) is 4.90 Å². The van der Waals surface area contributed by atoms with Gasteiger partial charge in [0.25, 0.3) is 0 Å². The summed E-state index contributed by atoms with van der Waals surface area (Å²) >= 11 is 0. The van der Waals surface area contributed by atoms with Crippen molar-refractivity contribution < 1.29 is 9.90 Å². The van der Waals surface area contributed by atoms with Crippen molar-refractivity contribution >= 4 is 5.91 Å². The maximum absolute atomic E-state index is 11.7. The van der Waals surface area contributed by atoms with Crippen LogP contribution >= 0.6 is 0 Å². The van der Waals surface area contributed by atoms with E-state index in [0.29, 0.717) is 18.5 Å². The molecule has 0 aromatic heterocycles. The Balaban J connectivity index is 1.93. The van der Waals surface area contributed by atoms with Gasteiger partial charge in [-0.3, -0.25) is 4.79 Å². The van der Waals surface area contributed by atoms with Crippen molar-refractivity contribution in [1.29, 1.82) is 0 Å². The van der Waals surface area contributed by atoms with Crippen LogP contribution in [0.15, 0.2) is 0 Å². The molecule has 1 amide bonds. The summed E-state index contributed by atoms with van der Waals surface area (Å²) in [4.78, 5) is 13.5. The molecule has 2 fully saturated rings. The summed E-state index contributed by atoms with van der Waals surface area (Å²) in [7, 11) is 0. The highest BCUT2D eigenvalue weighted by Crippen LogP contribution is 2.40. The molecule has 1 atom stereocenters. The van der Waals surface area contributed by atoms with Gasteiger partial charge in [0.15, 0.2) is 0 Å². The molecule has 0 aromatic carbocycles. The monoisotopic (exact) mass is 240 g/mol. The Morgan fingerprint density at radius 3 is 2.41 bits per heavy atom. The molecule has 1 heterocycles. The largest absolute Gasteiger partial charge is 0.388 e. The van der Waals surface area contributed by atoms with Crippen LogP contribution in [0.3, 0.4) is 0 Å². The van der Waals surface area contributed by atoms with Crippen LogP contribution in [0.4, 0.5) is 0 Å². The molecule has 1 aliphatic heterocycles. The summed E-state index contributed by atoms with van der Waals surface area (Å²) in [6, 6.07) is -0.348. The van der Waals surface area contributed by atoms with E-state index in [2.05, 4.69) is 13.8 Å². The van der Waals surface area contributed by atoms with Crippen LogP contribution < -0.4 is 5.73 Å². The number of carbonyl (C=O) groups excluding carboxylic acids is 1. The van der Waals surface area contributed by atoms with E-state index in [-0.39, 0.29) is 11.9 Å². The average Bonchev–Trinajstić information content (AvgIpc) is 2.55. The standard InChI is InChI=1S/C13H24N2O2/c1-12(2)4-6-13(17,7-5-12)9-15-8-3-10(14)11(15)16/h10,17H,3-9,14H2,1-2H3. The van der Waals surface area contributed by atoms with Gasteiger partial charge in [0.1, 0.15) is 0 Å². The van der Waals surface area contributed by atoms with Crippen LogP contribution in [0, 0.1) is 5.41 Å². The van der Waals surface area contributed by atoms with Crippen molar-refractivity contribution in [2.75, 3.05) is 13.1 Å². The Bertz CT molecular complexity index is 305. The number of rotatable bonds is 2. The second kappa shape index (κ2) is 4.25. The highest BCUT2D eigenvalue weighted by Gasteiger charge is 2.40. The lowest BCUT2D eigenvalue weighted by molar-refractivity contribution is -0.133. The smallest absolute Gasteiger partial charge is 0.239 e. The van der Waals surface area contributed by atoms with Gasteiger partial charge in [0, 0.05) is 13.1 Å². The molecule has 4 heteroatoms. The van der Waals surface area contributed by atoms with Crippen LogP contribution in [0.5, 0.6) is 0 Å². The molecule has 0 bridgehead atoms. The Hall–Kier alpha value is -0.610. The first-order chi connectivity index (χ1) is 7.81. The molecule has 0 radical (unpaired) electrons. The fourth-order valence-electron chi connectivity index (χ4n) is 2.83. The van der Waals surface area contributed by atoms with Gasteiger partial charge in [-0.05, 0) is 37.5 Å². The van der Waals surface area contributed by atoms with E-state index in [4.69, 9.17) is 5.73 Å². The van der Waals surface area contributed by atoms with E-state index >= 15 is 0 Å². The van der Waals surface area contributed by atoms with Gasteiger partial charge in [-0.2, -0.15) is 0 Å². The molecular weight excluding hydrogens is 216 g/mol. The maximum Gasteiger partial charge on any atom is 0.239 e. The van der Waals surface area contributed by atoms with Gasteiger partial charge < -0.3 is 15.7 Å². The second-order valence-electron chi connectivity index (χ2n) is 6.54. The molecule has 2 aliphatic rings. The lowest BCUT2D eigenvalue weighted by Gasteiger charge is -2.41. The SMILES string of the molecule is CC1(C)CCC(O)(CN2CCC(N)C2=O)CC1. The van der Waals surface area contributed by atoms with E-state index in [1.165, 1.54) is 0 Å². The minimum atomic E-state index is -0.685. The fraction of sp³-hybridized carbons (Fsp3) is 0.923. The van der Waals surface area contributed by atoms with E-state index in [1.807, 2.05) is 0 Å². The van der Waals surface area contributed by atoms with Crippen molar-refractivity contribution in [2.45, 2.75) is 57.6 Å². The normalized spacial score (nSPS) is 31.9. The minimum absolute atomic E-state index is 0.00302. The predicted octanol–water partition coefficient (Wildman–Crippen LogP) is 0.877. The first-order valence-electron chi connectivity index (χ1n) is 6.58. The summed E-state index contributed by atoms with van der Waals surface area (Å²) in [5.74, 6) is 0.00302. The molecule has 0 spiro atoms. The highest BCUT2D eigenvalue weighted by molar-refractivity contribution is 5.83. The first-order valence-corrected chi connectivity index (χ1v) is 6.58. The van der Waals surface area contributed by atoms with Gasteiger partial charge in [0.2, 0.25) is 5.91 Å². The molecule has 1 unspecified atom stereocenters. The Labute approximate surface area is 103 Å². The van der Waals surface area contributed by atoms with Gasteiger partial charge >= 0.3 is 0 Å². The highest BCUT2D eigenvalue weighted by atomic mass is 16.3. The fourth-order valence-corrected chi connectivity index (χ4v) is 2.83. The number of nitrogens with zero attached hydrogens (tertiary/aromatic N) is 1. The summed E-state index contributed by atoms with van der Waals surface area (Å²) in [6.45, 7) is 5.65. The van der Waals surface area contributed by atoms with Gasteiger partial charge in [-0.25, -0.2) is 0 Å². The lowest BCUT2D eigenvalue weighted by Crippen LogP contribution is -2.48. The number of hydrogen-bond donors (Lipinski definition) is 2. The van der Waals surface area contributed by atoms with Crippen molar-refractivity contribution in [2.24, 2.45) is 11.1 Å². The van der Waals surface area contributed by atoms with Crippen molar-refractivity contribution in [3.63, 3.8) is 0 Å². The molecule has 0 aromatic rings. The average molecular weight is 240 g/mol. The molecule has 4 nitrogen and oxygen atoms in total. The molecule has 1 aliphatic carbocycles. The molecule has 1 saturated carbocycles. The third-order valence-electron chi connectivity index (χ3n) is 4.36. The Kier molecular flexibility index (Phi) is 3.21. The van der Waals surface area contributed by atoms with E-state index < -0.39 is 5.60 Å². The number of amides is 1. The topological polar surface area (TPSA) is 66.6 Å². The van der Waals surface area contributed by atoms with E-state index in [9.17, 15) is 9.90 Å². The number of aliphatic hydroxyl groups is 1. The second-order valence-corrected chi connectivity index (χ2v) is 6.54. The zero-order valence-corrected chi connectivity index (χ0v) is 10.9. The molecule has 1 saturated heterocycles. The van der Waals surface area contributed by atoms with Gasteiger partial charge in [0.05, 0.1) is 11.6 Å². The van der Waals surface area contributed by atoms with Crippen LogP contribution in [-0.4, -0.2) is 40.6 Å². The third kappa shape index (κ3) is 2.80. The molecule has 98 valence electrons. The summed E-state index contributed by atoms with van der Waals surface area (Å²) in [5, 5.41) is 10.5. The lowest BCUT2D eigenvalue weighted by atomic mass is 9.71. The zero-order valence-electron chi connectivity index (χ0n) is 10.9. The van der Waals surface area contributed by atoms with Crippen molar-refractivity contribution in [3.8, 4) is 0 Å². The van der Waals surface area contributed by atoms with E-state index in [1.54, 1.807) is 4.90 Å².